The van der Waals surface area contributed by atoms with Crippen LogP contribution in [0.25, 0.3) is 0 Å². The van der Waals surface area contributed by atoms with Crippen molar-refractivity contribution in [2.75, 3.05) is 5.75 Å². The summed E-state index contributed by atoms with van der Waals surface area (Å²) in [5, 5.41) is -0.300. The number of hydrogen-bond donors (Lipinski definition) is 0. The van der Waals surface area contributed by atoms with Gasteiger partial charge < -0.3 is 0 Å². The smallest absolute Gasteiger partial charge is 0.179 e. The van der Waals surface area contributed by atoms with E-state index in [1.165, 1.54) is 6.92 Å². The summed E-state index contributed by atoms with van der Waals surface area (Å²) in [6.45, 7) is 1.40. The lowest BCUT2D eigenvalue weighted by atomic mass is 10.3. The Labute approximate surface area is 85.4 Å². The Morgan fingerprint density at radius 3 is 2.29 bits per heavy atom. The summed E-state index contributed by atoms with van der Waals surface area (Å²) >= 11 is 5.48. The molecule has 0 N–H and O–H groups in total. The van der Waals surface area contributed by atoms with Gasteiger partial charge in [-0.15, -0.1) is 0 Å². The molecule has 0 spiro atoms. The average Bonchev–Trinajstić information content (AvgIpc) is 2.11. The van der Waals surface area contributed by atoms with E-state index in [0.717, 1.165) is 0 Å². The SMILES string of the molecule is CCS(=O)(=O)c1cc(F)c(F)cc1Cl. The highest BCUT2D eigenvalue weighted by Gasteiger charge is 2.18. The number of benzene rings is 1. The number of halogens is 3. The normalized spacial score (nSPS) is 11.7. The highest BCUT2D eigenvalue weighted by molar-refractivity contribution is 7.91. The number of rotatable bonds is 2. The van der Waals surface area contributed by atoms with E-state index in [0.29, 0.717) is 12.1 Å². The van der Waals surface area contributed by atoms with Crippen molar-refractivity contribution in [3.8, 4) is 0 Å². The third kappa shape index (κ3) is 2.04. The Hall–Kier alpha value is -0.680. The Morgan fingerprint density at radius 1 is 1.29 bits per heavy atom. The molecule has 0 aliphatic heterocycles. The second kappa shape index (κ2) is 3.82. The zero-order valence-electron chi connectivity index (χ0n) is 7.22. The van der Waals surface area contributed by atoms with Gasteiger partial charge in [0.1, 0.15) is 0 Å². The van der Waals surface area contributed by atoms with Crippen LogP contribution in [-0.2, 0) is 9.84 Å². The van der Waals surface area contributed by atoms with E-state index >= 15 is 0 Å². The molecule has 0 atom stereocenters. The lowest BCUT2D eigenvalue weighted by Crippen LogP contribution is -2.05. The predicted molar refractivity (Wildman–Crippen MR) is 49.1 cm³/mol. The zero-order valence-corrected chi connectivity index (χ0v) is 8.79. The van der Waals surface area contributed by atoms with Crippen LogP contribution in [0.1, 0.15) is 6.92 Å². The van der Waals surface area contributed by atoms with Crippen molar-refractivity contribution in [1.29, 1.82) is 0 Å². The van der Waals surface area contributed by atoms with E-state index in [1.807, 2.05) is 0 Å². The fraction of sp³-hybridized carbons (Fsp3) is 0.250. The van der Waals surface area contributed by atoms with Crippen LogP contribution in [0.2, 0.25) is 5.02 Å². The molecule has 0 amide bonds. The Balaban J connectivity index is 3.45. The van der Waals surface area contributed by atoms with Crippen LogP contribution < -0.4 is 0 Å². The van der Waals surface area contributed by atoms with Gasteiger partial charge >= 0.3 is 0 Å². The van der Waals surface area contributed by atoms with Crippen molar-refractivity contribution in [3.63, 3.8) is 0 Å². The van der Waals surface area contributed by atoms with Gasteiger partial charge in [0, 0.05) is 0 Å². The van der Waals surface area contributed by atoms with Gasteiger partial charge in [-0.3, -0.25) is 0 Å². The maximum absolute atomic E-state index is 12.7. The van der Waals surface area contributed by atoms with Crippen LogP contribution in [0, 0.1) is 11.6 Å². The first-order chi connectivity index (χ1) is 6.38. The summed E-state index contributed by atoms with van der Waals surface area (Å²) < 4.78 is 47.9. The molecule has 0 fully saturated rings. The van der Waals surface area contributed by atoms with Crippen molar-refractivity contribution in [1.82, 2.24) is 0 Å². The maximum Gasteiger partial charge on any atom is 0.179 e. The second-order valence-electron chi connectivity index (χ2n) is 2.60. The van der Waals surface area contributed by atoms with Crippen molar-refractivity contribution in [3.05, 3.63) is 28.8 Å². The van der Waals surface area contributed by atoms with Crippen LogP contribution >= 0.6 is 11.6 Å². The number of hydrogen-bond acceptors (Lipinski definition) is 2. The molecule has 0 aliphatic carbocycles. The molecule has 0 heterocycles. The molecule has 0 radical (unpaired) electrons. The minimum Gasteiger partial charge on any atom is -0.224 e. The summed E-state index contributed by atoms with van der Waals surface area (Å²) in [6, 6.07) is 1.25. The molecule has 0 aliphatic rings. The van der Waals surface area contributed by atoms with Crippen molar-refractivity contribution in [2.24, 2.45) is 0 Å². The zero-order chi connectivity index (χ0) is 10.9. The van der Waals surface area contributed by atoms with E-state index in [-0.39, 0.29) is 15.7 Å². The van der Waals surface area contributed by atoms with Crippen LogP contribution in [0.5, 0.6) is 0 Å². The highest BCUT2D eigenvalue weighted by Crippen LogP contribution is 2.25. The monoisotopic (exact) mass is 240 g/mol. The van der Waals surface area contributed by atoms with Gasteiger partial charge in [-0.2, -0.15) is 0 Å². The lowest BCUT2D eigenvalue weighted by Gasteiger charge is -2.04. The first kappa shape index (κ1) is 11.4. The average molecular weight is 241 g/mol. The van der Waals surface area contributed by atoms with Gasteiger partial charge in [0.2, 0.25) is 0 Å². The molecule has 6 heteroatoms. The molecule has 0 saturated heterocycles. The molecular formula is C8H7ClF2O2S. The summed E-state index contributed by atoms with van der Waals surface area (Å²) in [4.78, 5) is -0.374. The van der Waals surface area contributed by atoms with Crippen LogP contribution in [0.3, 0.4) is 0 Å². The summed E-state index contributed by atoms with van der Waals surface area (Å²) in [6.07, 6.45) is 0. The van der Waals surface area contributed by atoms with Gasteiger partial charge in [-0.25, -0.2) is 17.2 Å². The third-order valence-electron chi connectivity index (χ3n) is 1.69. The van der Waals surface area contributed by atoms with Gasteiger partial charge in [0.25, 0.3) is 0 Å². The molecule has 2 nitrogen and oxygen atoms in total. The Bertz CT molecular complexity index is 457. The van der Waals surface area contributed by atoms with Gasteiger partial charge in [0.15, 0.2) is 21.5 Å². The van der Waals surface area contributed by atoms with E-state index in [2.05, 4.69) is 0 Å². The van der Waals surface area contributed by atoms with Gasteiger partial charge in [0.05, 0.1) is 15.7 Å². The minimum absolute atomic E-state index is 0.211. The van der Waals surface area contributed by atoms with Crippen LogP contribution in [0.4, 0.5) is 8.78 Å². The molecule has 0 bridgehead atoms. The first-order valence-electron chi connectivity index (χ1n) is 3.75. The molecule has 14 heavy (non-hydrogen) atoms. The maximum atomic E-state index is 12.7. The molecule has 1 aromatic carbocycles. The first-order valence-corrected chi connectivity index (χ1v) is 5.79. The molecule has 78 valence electrons. The van der Waals surface area contributed by atoms with Gasteiger partial charge in [-0.1, -0.05) is 18.5 Å². The van der Waals surface area contributed by atoms with Crippen LogP contribution in [-0.4, -0.2) is 14.2 Å². The van der Waals surface area contributed by atoms with Crippen molar-refractivity contribution < 1.29 is 17.2 Å². The summed E-state index contributed by atoms with van der Waals surface area (Å²) in [7, 11) is -3.61. The van der Waals surface area contributed by atoms with Crippen molar-refractivity contribution in [2.45, 2.75) is 11.8 Å². The van der Waals surface area contributed by atoms with E-state index in [4.69, 9.17) is 11.6 Å². The summed E-state index contributed by atoms with van der Waals surface area (Å²) in [5.74, 6) is -2.59. The van der Waals surface area contributed by atoms with E-state index in [1.54, 1.807) is 0 Å². The Morgan fingerprint density at radius 2 is 1.79 bits per heavy atom. The second-order valence-corrected chi connectivity index (χ2v) is 5.25. The molecule has 0 unspecified atom stereocenters. The van der Waals surface area contributed by atoms with E-state index in [9.17, 15) is 17.2 Å². The minimum atomic E-state index is -3.61. The summed E-state index contributed by atoms with van der Waals surface area (Å²) in [5.41, 5.74) is 0. The Kier molecular flexibility index (Phi) is 3.11. The van der Waals surface area contributed by atoms with Crippen LogP contribution in [0.15, 0.2) is 17.0 Å². The predicted octanol–water partition coefficient (Wildman–Crippen LogP) is 2.41. The fourth-order valence-corrected chi connectivity index (χ4v) is 2.35. The highest BCUT2D eigenvalue weighted by atomic mass is 35.5. The molecule has 1 rings (SSSR count). The lowest BCUT2D eigenvalue weighted by molar-refractivity contribution is 0.504. The standard InChI is InChI=1S/C8H7ClF2O2S/c1-2-14(12,13)8-4-7(11)6(10)3-5(8)9/h3-4H,2H2,1H3. The quantitative estimate of drug-likeness (QED) is 0.588. The van der Waals surface area contributed by atoms with Gasteiger partial charge in [-0.05, 0) is 12.1 Å². The molecular weight excluding hydrogens is 234 g/mol. The molecule has 0 aromatic heterocycles. The fourth-order valence-electron chi connectivity index (χ4n) is 0.898. The molecule has 1 aromatic rings. The van der Waals surface area contributed by atoms with Crippen molar-refractivity contribution >= 4 is 21.4 Å². The third-order valence-corrected chi connectivity index (χ3v) is 3.88. The van der Waals surface area contributed by atoms with E-state index < -0.39 is 21.5 Å². The number of sulfone groups is 1. The topological polar surface area (TPSA) is 34.1 Å². The largest absolute Gasteiger partial charge is 0.224 e. The molecule has 0 saturated carbocycles.